The summed E-state index contributed by atoms with van der Waals surface area (Å²) >= 11 is 0. The first-order chi connectivity index (χ1) is 9.88. The van der Waals surface area contributed by atoms with E-state index in [1.807, 2.05) is 13.8 Å². The van der Waals surface area contributed by atoms with Crippen LogP contribution in [0.3, 0.4) is 0 Å². The van der Waals surface area contributed by atoms with Gasteiger partial charge < -0.3 is 15.0 Å². The van der Waals surface area contributed by atoms with Gasteiger partial charge in [-0.2, -0.15) is 13.2 Å². The maximum Gasteiger partial charge on any atom is 0.416 e. The molecule has 1 heterocycles. The van der Waals surface area contributed by atoms with Crippen LogP contribution in [0.1, 0.15) is 25.8 Å². The third-order valence-corrected chi connectivity index (χ3v) is 2.86. The minimum Gasteiger partial charge on any atom is -0.380 e. The van der Waals surface area contributed by atoms with Gasteiger partial charge in [0, 0.05) is 26.7 Å². The zero-order valence-electron chi connectivity index (χ0n) is 12.6. The minimum absolute atomic E-state index is 0.241. The lowest BCUT2D eigenvalue weighted by Gasteiger charge is -2.20. The van der Waals surface area contributed by atoms with Crippen LogP contribution >= 0.6 is 0 Å². The molecule has 0 aliphatic heterocycles. The molecule has 120 valence electrons. The van der Waals surface area contributed by atoms with E-state index < -0.39 is 11.7 Å². The van der Waals surface area contributed by atoms with Crippen molar-refractivity contribution in [3.8, 4) is 0 Å². The van der Waals surface area contributed by atoms with E-state index >= 15 is 0 Å². The topological polar surface area (TPSA) is 37.4 Å². The van der Waals surface area contributed by atoms with Crippen LogP contribution in [0.2, 0.25) is 0 Å². The number of pyridine rings is 1. The van der Waals surface area contributed by atoms with Gasteiger partial charge in [0.15, 0.2) is 0 Å². The van der Waals surface area contributed by atoms with E-state index in [1.165, 1.54) is 0 Å². The van der Waals surface area contributed by atoms with Gasteiger partial charge in [0.25, 0.3) is 0 Å². The summed E-state index contributed by atoms with van der Waals surface area (Å²) in [6.07, 6.45) is -3.57. The number of halogens is 3. The molecule has 0 bridgehead atoms. The molecule has 4 nitrogen and oxygen atoms in total. The number of aromatic nitrogens is 1. The Morgan fingerprint density at radius 2 is 2.00 bits per heavy atom. The van der Waals surface area contributed by atoms with E-state index in [0.29, 0.717) is 26.3 Å². The number of hydrogen-bond donors (Lipinski definition) is 1. The van der Waals surface area contributed by atoms with E-state index in [0.717, 1.165) is 18.6 Å². The molecule has 0 atom stereocenters. The summed E-state index contributed by atoms with van der Waals surface area (Å²) in [4.78, 5) is 5.88. The molecule has 1 rings (SSSR count). The minimum atomic E-state index is -4.39. The number of hydrogen-bond acceptors (Lipinski definition) is 4. The Hall–Kier alpha value is -1.50. The molecule has 7 heteroatoms. The number of anilines is 2. The van der Waals surface area contributed by atoms with E-state index in [4.69, 9.17) is 4.74 Å². The second-order valence-corrected chi connectivity index (χ2v) is 4.64. The van der Waals surface area contributed by atoms with Crippen LogP contribution in [-0.2, 0) is 10.9 Å². The van der Waals surface area contributed by atoms with Crippen molar-refractivity contribution in [1.82, 2.24) is 4.98 Å². The summed E-state index contributed by atoms with van der Waals surface area (Å²) in [5, 5.41) is 2.90. The number of rotatable bonds is 8. The van der Waals surface area contributed by atoms with Gasteiger partial charge in [0.2, 0.25) is 0 Å². The van der Waals surface area contributed by atoms with Gasteiger partial charge in [0.1, 0.15) is 11.6 Å². The molecule has 1 aromatic rings. The molecule has 0 aromatic carbocycles. The largest absolute Gasteiger partial charge is 0.416 e. The summed E-state index contributed by atoms with van der Waals surface area (Å²) < 4.78 is 44.0. The third kappa shape index (κ3) is 5.79. The standard InChI is InChI=1S/C14H22F3N3O/c1-4-6-18-12-9-11(14(15,16)17)10-13(19-12)20(3)7-8-21-5-2/h9-10H,4-8H2,1-3H3,(H,18,19). The van der Waals surface area contributed by atoms with Crippen LogP contribution in [-0.4, -0.2) is 38.3 Å². The molecule has 0 aliphatic rings. The molecule has 0 fully saturated rings. The second-order valence-electron chi connectivity index (χ2n) is 4.64. The lowest BCUT2D eigenvalue weighted by Crippen LogP contribution is -2.24. The average Bonchev–Trinajstić information content (AvgIpc) is 2.44. The molecule has 21 heavy (non-hydrogen) atoms. The molecule has 0 saturated heterocycles. The van der Waals surface area contributed by atoms with Gasteiger partial charge in [-0.05, 0) is 25.5 Å². The molecule has 0 spiro atoms. The first kappa shape index (κ1) is 17.6. The Balaban J connectivity index is 2.95. The predicted molar refractivity (Wildman–Crippen MR) is 77.8 cm³/mol. The summed E-state index contributed by atoms with van der Waals surface area (Å²) in [5.74, 6) is 0.521. The van der Waals surface area contributed by atoms with E-state index in [1.54, 1.807) is 11.9 Å². The van der Waals surface area contributed by atoms with Gasteiger partial charge in [0.05, 0.1) is 12.2 Å². The van der Waals surface area contributed by atoms with Crippen LogP contribution in [0.4, 0.5) is 24.8 Å². The van der Waals surface area contributed by atoms with Gasteiger partial charge in [-0.25, -0.2) is 4.98 Å². The van der Waals surface area contributed by atoms with Crippen LogP contribution in [0.15, 0.2) is 12.1 Å². The monoisotopic (exact) mass is 305 g/mol. The van der Waals surface area contributed by atoms with Crippen molar-refractivity contribution in [1.29, 1.82) is 0 Å². The lowest BCUT2D eigenvalue weighted by molar-refractivity contribution is -0.137. The highest BCUT2D eigenvalue weighted by molar-refractivity contribution is 5.51. The molecule has 0 saturated carbocycles. The molecule has 0 amide bonds. The molecule has 0 unspecified atom stereocenters. The molecular formula is C14H22F3N3O. The molecule has 1 N–H and O–H groups in total. The van der Waals surface area contributed by atoms with Crippen LogP contribution < -0.4 is 10.2 Å². The van der Waals surface area contributed by atoms with E-state index in [9.17, 15) is 13.2 Å². The summed E-state index contributed by atoms with van der Waals surface area (Å²) in [6.45, 7) is 5.90. The summed E-state index contributed by atoms with van der Waals surface area (Å²) in [7, 11) is 1.70. The van der Waals surface area contributed by atoms with Crippen molar-refractivity contribution in [2.24, 2.45) is 0 Å². The second kappa shape index (κ2) is 8.07. The van der Waals surface area contributed by atoms with Gasteiger partial charge in [-0.3, -0.25) is 0 Å². The highest BCUT2D eigenvalue weighted by Gasteiger charge is 2.32. The van der Waals surface area contributed by atoms with Crippen molar-refractivity contribution in [2.45, 2.75) is 26.4 Å². The maximum atomic E-state index is 12.9. The Morgan fingerprint density at radius 1 is 1.29 bits per heavy atom. The average molecular weight is 305 g/mol. The number of ether oxygens (including phenoxy) is 1. The quantitative estimate of drug-likeness (QED) is 0.747. The van der Waals surface area contributed by atoms with Crippen molar-refractivity contribution in [2.75, 3.05) is 43.6 Å². The Morgan fingerprint density at radius 3 is 2.57 bits per heavy atom. The SMILES string of the molecule is CCCNc1cc(C(F)(F)F)cc(N(C)CCOCC)n1. The van der Waals surface area contributed by atoms with Crippen molar-refractivity contribution < 1.29 is 17.9 Å². The normalized spacial score (nSPS) is 11.5. The Bertz CT molecular complexity index is 438. The first-order valence-corrected chi connectivity index (χ1v) is 7.00. The number of nitrogens with one attached hydrogen (secondary N) is 1. The zero-order valence-corrected chi connectivity index (χ0v) is 12.6. The first-order valence-electron chi connectivity index (χ1n) is 7.00. The van der Waals surface area contributed by atoms with Gasteiger partial charge in [-0.15, -0.1) is 0 Å². The van der Waals surface area contributed by atoms with E-state index in [2.05, 4.69) is 10.3 Å². The fourth-order valence-electron chi connectivity index (χ4n) is 1.68. The lowest BCUT2D eigenvalue weighted by atomic mass is 10.2. The fourth-order valence-corrected chi connectivity index (χ4v) is 1.68. The molecule has 1 aromatic heterocycles. The van der Waals surface area contributed by atoms with Crippen LogP contribution in [0.5, 0.6) is 0 Å². The van der Waals surface area contributed by atoms with Crippen LogP contribution in [0, 0.1) is 0 Å². The van der Waals surface area contributed by atoms with Crippen molar-refractivity contribution in [3.63, 3.8) is 0 Å². The fraction of sp³-hybridized carbons (Fsp3) is 0.643. The van der Waals surface area contributed by atoms with Crippen molar-refractivity contribution in [3.05, 3.63) is 17.7 Å². The van der Waals surface area contributed by atoms with Gasteiger partial charge >= 0.3 is 6.18 Å². The molecule has 0 radical (unpaired) electrons. The smallest absolute Gasteiger partial charge is 0.380 e. The van der Waals surface area contributed by atoms with E-state index in [-0.39, 0.29) is 11.6 Å². The highest BCUT2D eigenvalue weighted by Crippen LogP contribution is 2.32. The summed E-state index contributed by atoms with van der Waals surface area (Å²) in [6, 6.07) is 2.10. The van der Waals surface area contributed by atoms with Crippen LogP contribution in [0.25, 0.3) is 0 Å². The third-order valence-electron chi connectivity index (χ3n) is 2.86. The maximum absolute atomic E-state index is 12.9. The molecule has 0 aliphatic carbocycles. The Labute approximate surface area is 123 Å². The van der Waals surface area contributed by atoms with Gasteiger partial charge in [-0.1, -0.05) is 6.92 Å². The Kier molecular flexibility index (Phi) is 6.74. The predicted octanol–water partition coefficient (Wildman–Crippen LogP) is 3.40. The number of alkyl halides is 3. The number of likely N-dealkylation sites (N-methyl/N-ethyl adjacent to an activating group) is 1. The number of nitrogens with zero attached hydrogens (tertiary/aromatic N) is 2. The zero-order chi connectivity index (χ0) is 15.9. The summed E-state index contributed by atoms with van der Waals surface area (Å²) in [5.41, 5.74) is -0.700. The highest BCUT2D eigenvalue weighted by atomic mass is 19.4. The molecular weight excluding hydrogens is 283 g/mol. The van der Waals surface area contributed by atoms with Crippen molar-refractivity contribution >= 4 is 11.6 Å².